The van der Waals surface area contributed by atoms with Crippen molar-refractivity contribution in [2.75, 3.05) is 34.0 Å². The van der Waals surface area contributed by atoms with Gasteiger partial charge in [-0.05, 0) is 46.6 Å². The van der Waals surface area contributed by atoms with Gasteiger partial charge in [0, 0.05) is 13.7 Å². The lowest BCUT2D eigenvalue weighted by atomic mass is 10.1. The molecule has 0 aliphatic carbocycles. The number of rotatable bonds is 8. The number of carbonyl (C=O) groups excluding carboxylic acids is 1. The second-order valence-electron chi connectivity index (χ2n) is 4.39. The minimum absolute atomic E-state index is 0.000573. The topological polar surface area (TPSA) is 80.6 Å². The number of nitrogens with zero attached hydrogens (tertiary/aromatic N) is 1. The first kappa shape index (κ1) is 19.0. The molecule has 1 aromatic rings. The van der Waals surface area contributed by atoms with Gasteiger partial charge in [0.15, 0.2) is 11.5 Å². The Bertz CT molecular complexity index is 623. The van der Waals surface area contributed by atoms with Crippen LogP contribution in [-0.2, 0) is 9.53 Å². The minimum Gasteiger partial charge on any atom is -0.492 e. The largest absolute Gasteiger partial charge is 0.492 e. The van der Waals surface area contributed by atoms with Gasteiger partial charge in [0.1, 0.15) is 11.6 Å². The summed E-state index contributed by atoms with van der Waals surface area (Å²) in [6.45, 7) is 3.05. The van der Waals surface area contributed by atoms with Gasteiger partial charge in [-0.3, -0.25) is 4.79 Å². The normalized spacial score (nSPS) is 10.8. The first-order valence-electron chi connectivity index (χ1n) is 6.96. The molecule has 1 amide bonds. The molecular formula is C16H19BrN2O4. The van der Waals surface area contributed by atoms with E-state index in [2.05, 4.69) is 21.2 Å². The van der Waals surface area contributed by atoms with Gasteiger partial charge >= 0.3 is 0 Å². The maximum atomic E-state index is 11.9. The van der Waals surface area contributed by atoms with Crippen molar-refractivity contribution in [2.45, 2.75) is 6.92 Å². The Morgan fingerprint density at radius 2 is 2.17 bits per heavy atom. The van der Waals surface area contributed by atoms with Gasteiger partial charge in [-0.2, -0.15) is 5.26 Å². The number of carbonyl (C=O) groups is 1. The number of hydrogen-bond donors (Lipinski definition) is 1. The highest BCUT2D eigenvalue weighted by atomic mass is 79.9. The van der Waals surface area contributed by atoms with Gasteiger partial charge in [-0.25, -0.2) is 0 Å². The molecule has 0 radical (unpaired) electrons. The zero-order chi connectivity index (χ0) is 17.2. The van der Waals surface area contributed by atoms with Gasteiger partial charge in [0.2, 0.25) is 0 Å². The van der Waals surface area contributed by atoms with Crippen LogP contribution in [0.4, 0.5) is 0 Å². The van der Waals surface area contributed by atoms with E-state index in [1.807, 2.05) is 13.0 Å². The summed E-state index contributed by atoms with van der Waals surface area (Å²) in [6, 6.07) is 5.36. The van der Waals surface area contributed by atoms with Crippen molar-refractivity contribution in [3.05, 3.63) is 27.7 Å². The average molecular weight is 383 g/mol. The Hall–Kier alpha value is -2.04. The smallest absolute Gasteiger partial charge is 0.262 e. The summed E-state index contributed by atoms with van der Waals surface area (Å²) in [5, 5.41) is 11.8. The lowest BCUT2D eigenvalue weighted by molar-refractivity contribution is -0.117. The van der Waals surface area contributed by atoms with Crippen molar-refractivity contribution in [3.63, 3.8) is 0 Å². The molecule has 7 heteroatoms. The first-order chi connectivity index (χ1) is 11.1. The number of nitrogens with one attached hydrogen (secondary N) is 1. The van der Waals surface area contributed by atoms with Crippen LogP contribution < -0.4 is 14.8 Å². The molecule has 0 atom stereocenters. The Labute approximate surface area is 144 Å². The highest BCUT2D eigenvalue weighted by molar-refractivity contribution is 9.10. The summed E-state index contributed by atoms with van der Waals surface area (Å²) in [5.74, 6) is 0.647. The number of hydrogen-bond acceptors (Lipinski definition) is 5. The third kappa shape index (κ3) is 5.58. The Balaban J connectivity index is 3.08. The fourth-order valence-corrected chi connectivity index (χ4v) is 2.43. The molecule has 0 aliphatic heterocycles. The fourth-order valence-electron chi connectivity index (χ4n) is 1.81. The van der Waals surface area contributed by atoms with E-state index in [-0.39, 0.29) is 5.57 Å². The highest BCUT2D eigenvalue weighted by Crippen LogP contribution is 2.37. The summed E-state index contributed by atoms with van der Waals surface area (Å²) < 4.78 is 16.3. The number of methoxy groups -OCH3 is 2. The summed E-state index contributed by atoms with van der Waals surface area (Å²) in [4.78, 5) is 11.9. The molecule has 1 rings (SSSR count). The van der Waals surface area contributed by atoms with Crippen LogP contribution in [0.5, 0.6) is 11.5 Å². The molecule has 0 bridgehead atoms. The van der Waals surface area contributed by atoms with Gasteiger partial charge in [-0.15, -0.1) is 0 Å². The van der Waals surface area contributed by atoms with Crippen LogP contribution >= 0.6 is 15.9 Å². The lowest BCUT2D eigenvalue weighted by Crippen LogP contribution is -2.27. The van der Waals surface area contributed by atoms with Crippen molar-refractivity contribution < 1.29 is 19.0 Å². The van der Waals surface area contributed by atoms with E-state index >= 15 is 0 Å². The first-order valence-corrected chi connectivity index (χ1v) is 7.75. The second-order valence-corrected chi connectivity index (χ2v) is 5.24. The van der Waals surface area contributed by atoms with Gasteiger partial charge in [0.05, 0.1) is 24.8 Å². The number of benzene rings is 1. The van der Waals surface area contributed by atoms with Gasteiger partial charge < -0.3 is 19.5 Å². The molecular weight excluding hydrogens is 364 g/mol. The maximum Gasteiger partial charge on any atom is 0.262 e. The van der Waals surface area contributed by atoms with Crippen LogP contribution in [0.2, 0.25) is 0 Å². The molecule has 0 heterocycles. The molecule has 0 spiro atoms. The van der Waals surface area contributed by atoms with E-state index in [0.717, 1.165) is 0 Å². The molecule has 1 aromatic carbocycles. The third-order valence-electron chi connectivity index (χ3n) is 2.80. The standard InChI is InChI=1S/C16H19BrN2O4/c1-4-23-14-9-11(8-13(17)15(14)22-3)7-12(10-18)16(20)19-5-6-21-2/h7-9H,4-6H2,1-3H3,(H,19,20)/b12-7+. The molecule has 1 N–H and O–H groups in total. The summed E-state index contributed by atoms with van der Waals surface area (Å²) >= 11 is 3.39. The van der Waals surface area contributed by atoms with Crippen molar-refractivity contribution in [3.8, 4) is 17.6 Å². The third-order valence-corrected chi connectivity index (χ3v) is 3.39. The van der Waals surface area contributed by atoms with Crippen molar-refractivity contribution >= 4 is 27.9 Å². The van der Waals surface area contributed by atoms with Crippen LogP contribution in [0.3, 0.4) is 0 Å². The highest BCUT2D eigenvalue weighted by Gasteiger charge is 2.13. The van der Waals surface area contributed by atoms with E-state index < -0.39 is 5.91 Å². The van der Waals surface area contributed by atoms with E-state index in [9.17, 15) is 10.1 Å². The molecule has 23 heavy (non-hydrogen) atoms. The molecule has 6 nitrogen and oxygen atoms in total. The molecule has 0 saturated carbocycles. The second kappa shape index (κ2) is 9.87. The number of nitriles is 1. The Kier molecular flexibility index (Phi) is 8.16. The summed E-state index contributed by atoms with van der Waals surface area (Å²) in [5.41, 5.74) is 0.653. The minimum atomic E-state index is -0.450. The Morgan fingerprint density at radius 3 is 2.74 bits per heavy atom. The number of halogens is 1. The predicted molar refractivity (Wildman–Crippen MR) is 90.3 cm³/mol. The SMILES string of the molecule is CCOc1cc(/C=C(\C#N)C(=O)NCCOC)cc(Br)c1OC. The zero-order valence-electron chi connectivity index (χ0n) is 13.3. The van der Waals surface area contributed by atoms with Crippen molar-refractivity contribution in [1.82, 2.24) is 5.32 Å². The fraction of sp³-hybridized carbons (Fsp3) is 0.375. The van der Waals surface area contributed by atoms with Crippen LogP contribution in [0.15, 0.2) is 22.2 Å². The molecule has 0 aromatic heterocycles. The average Bonchev–Trinajstić information content (AvgIpc) is 2.53. The van der Waals surface area contributed by atoms with E-state index in [1.54, 1.807) is 19.2 Å². The number of amides is 1. The molecule has 0 unspecified atom stereocenters. The molecule has 0 fully saturated rings. The van der Waals surface area contributed by atoms with E-state index in [1.165, 1.54) is 13.2 Å². The predicted octanol–water partition coefficient (Wildman–Crippen LogP) is 2.53. The molecule has 0 saturated heterocycles. The summed E-state index contributed by atoms with van der Waals surface area (Å²) in [7, 11) is 3.08. The van der Waals surface area contributed by atoms with E-state index in [4.69, 9.17) is 14.2 Å². The number of ether oxygens (including phenoxy) is 3. The van der Waals surface area contributed by atoms with Crippen molar-refractivity contribution in [2.24, 2.45) is 0 Å². The van der Waals surface area contributed by atoms with Gasteiger partial charge in [0.25, 0.3) is 5.91 Å². The molecule has 0 aliphatic rings. The quantitative estimate of drug-likeness (QED) is 0.424. The monoisotopic (exact) mass is 382 g/mol. The maximum absolute atomic E-state index is 11.9. The van der Waals surface area contributed by atoms with Crippen LogP contribution in [0, 0.1) is 11.3 Å². The van der Waals surface area contributed by atoms with Crippen molar-refractivity contribution in [1.29, 1.82) is 5.26 Å². The van der Waals surface area contributed by atoms with Crippen LogP contribution in [-0.4, -0.2) is 39.9 Å². The van der Waals surface area contributed by atoms with Crippen LogP contribution in [0.25, 0.3) is 6.08 Å². The lowest BCUT2D eigenvalue weighted by Gasteiger charge is -2.12. The summed E-state index contributed by atoms with van der Waals surface area (Å²) in [6.07, 6.45) is 1.49. The Morgan fingerprint density at radius 1 is 1.43 bits per heavy atom. The van der Waals surface area contributed by atoms with Gasteiger partial charge in [-0.1, -0.05) is 0 Å². The van der Waals surface area contributed by atoms with Crippen LogP contribution in [0.1, 0.15) is 12.5 Å². The molecule has 124 valence electrons. The van der Waals surface area contributed by atoms with E-state index in [0.29, 0.717) is 41.3 Å². The zero-order valence-corrected chi connectivity index (χ0v) is 14.9.